The van der Waals surface area contributed by atoms with Gasteiger partial charge in [0.25, 0.3) is 0 Å². The summed E-state index contributed by atoms with van der Waals surface area (Å²) in [5, 5.41) is 14.2. The van der Waals surface area contributed by atoms with Gasteiger partial charge < -0.3 is 10.1 Å². The molecule has 114 valence electrons. The molecule has 2 aliphatic rings. The summed E-state index contributed by atoms with van der Waals surface area (Å²) < 4.78 is 5.81. The zero-order chi connectivity index (χ0) is 14.8. The van der Waals surface area contributed by atoms with E-state index in [0.717, 1.165) is 17.4 Å². The standard InChI is InChI=1S/C16H22N2O3/c1-17-9-12-3-5-16(15(8-12)18(19)20)21-10-14-7-11-2-4-13(14)6-11/h3,5,8,11,13-14,17H,2,4,6-7,9-10H2,1H3. The van der Waals surface area contributed by atoms with E-state index >= 15 is 0 Å². The van der Waals surface area contributed by atoms with Gasteiger partial charge in [-0.25, -0.2) is 0 Å². The van der Waals surface area contributed by atoms with Crippen LogP contribution in [-0.2, 0) is 6.54 Å². The molecule has 3 unspecified atom stereocenters. The Morgan fingerprint density at radius 2 is 2.24 bits per heavy atom. The Labute approximate surface area is 124 Å². The summed E-state index contributed by atoms with van der Waals surface area (Å²) in [5.41, 5.74) is 0.974. The van der Waals surface area contributed by atoms with Crippen LogP contribution in [0.5, 0.6) is 5.75 Å². The summed E-state index contributed by atoms with van der Waals surface area (Å²) >= 11 is 0. The van der Waals surface area contributed by atoms with Crippen LogP contribution in [0.4, 0.5) is 5.69 Å². The second-order valence-electron chi connectivity index (χ2n) is 6.34. The normalized spacial score (nSPS) is 27.0. The molecule has 5 heteroatoms. The van der Waals surface area contributed by atoms with Gasteiger partial charge in [-0.05, 0) is 55.7 Å². The van der Waals surface area contributed by atoms with Crippen molar-refractivity contribution in [2.75, 3.05) is 13.7 Å². The minimum atomic E-state index is -0.352. The smallest absolute Gasteiger partial charge is 0.311 e. The molecule has 1 aromatic carbocycles. The van der Waals surface area contributed by atoms with Gasteiger partial charge in [0.2, 0.25) is 0 Å². The number of rotatable bonds is 6. The number of fused-ring (bicyclic) bond motifs is 2. The van der Waals surface area contributed by atoms with Crippen LogP contribution < -0.4 is 10.1 Å². The van der Waals surface area contributed by atoms with Crippen molar-refractivity contribution in [1.82, 2.24) is 5.32 Å². The average Bonchev–Trinajstić information content (AvgIpc) is 3.08. The predicted octanol–water partition coefficient (Wildman–Crippen LogP) is 3.13. The Morgan fingerprint density at radius 3 is 2.86 bits per heavy atom. The van der Waals surface area contributed by atoms with Gasteiger partial charge in [0.05, 0.1) is 11.5 Å². The lowest BCUT2D eigenvalue weighted by Crippen LogP contribution is -2.18. The van der Waals surface area contributed by atoms with Crippen molar-refractivity contribution < 1.29 is 9.66 Å². The fourth-order valence-electron chi connectivity index (χ4n) is 3.92. The number of ether oxygens (including phenoxy) is 1. The van der Waals surface area contributed by atoms with Crippen LogP contribution >= 0.6 is 0 Å². The monoisotopic (exact) mass is 290 g/mol. The molecular formula is C16H22N2O3. The topological polar surface area (TPSA) is 64.4 Å². The quantitative estimate of drug-likeness (QED) is 0.646. The summed E-state index contributed by atoms with van der Waals surface area (Å²) in [6, 6.07) is 5.23. The first-order chi connectivity index (χ1) is 10.2. The molecule has 2 saturated carbocycles. The average molecular weight is 290 g/mol. The van der Waals surface area contributed by atoms with Crippen LogP contribution in [0.3, 0.4) is 0 Å². The molecule has 0 heterocycles. The Hall–Kier alpha value is -1.62. The Kier molecular flexibility index (Phi) is 4.10. The van der Waals surface area contributed by atoms with Gasteiger partial charge >= 0.3 is 5.69 Å². The van der Waals surface area contributed by atoms with E-state index in [9.17, 15) is 10.1 Å². The number of benzene rings is 1. The predicted molar refractivity (Wildman–Crippen MR) is 80.3 cm³/mol. The van der Waals surface area contributed by atoms with Crippen molar-refractivity contribution in [3.05, 3.63) is 33.9 Å². The Morgan fingerprint density at radius 1 is 1.38 bits per heavy atom. The molecule has 0 aliphatic heterocycles. The molecule has 1 N–H and O–H groups in total. The van der Waals surface area contributed by atoms with Gasteiger partial charge in [-0.1, -0.05) is 12.5 Å². The van der Waals surface area contributed by atoms with Crippen molar-refractivity contribution in [3.8, 4) is 5.75 Å². The third-order valence-corrected chi connectivity index (χ3v) is 4.94. The van der Waals surface area contributed by atoms with Gasteiger partial charge in [0.1, 0.15) is 0 Å². The lowest BCUT2D eigenvalue weighted by Gasteiger charge is -2.21. The van der Waals surface area contributed by atoms with Gasteiger partial charge in [0.15, 0.2) is 5.75 Å². The summed E-state index contributed by atoms with van der Waals surface area (Å²) in [4.78, 5) is 10.9. The second-order valence-corrected chi connectivity index (χ2v) is 6.34. The van der Waals surface area contributed by atoms with E-state index < -0.39 is 0 Å². The zero-order valence-electron chi connectivity index (χ0n) is 12.4. The maximum absolute atomic E-state index is 11.2. The van der Waals surface area contributed by atoms with E-state index in [1.54, 1.807) is 12.1 Å². The number of hydrogen-bond acceptors (Lipinski definition) is 4. The molecule has 21 heavy (non-hydrogen) atoms. The maximum Gasteiger partial charge on any atom is 0.311 e. The maximum atomic E-state index is 11.2. The molecule has 0 saturated heterocycles. The molecule has 2 fully saturated rings. The number of nitro groups is 1. The highest BCUT2D eigenvalue weighted by atomic mass is 16.6. The van der Waals surface area contributed by atoms with Gasteiger partial charge in [0, 0.05) is 12.6 Å². The lowest BCUT2D eigenvalue weighted by molar-refractivity contribution is -0.386. The van der Waals surface area contributed by atoms with Crippen LogP contribution in [0, 0.1) is 27.9 Å². The second kappa shape index (κ2) is 6.02. The highest BCUT2D eigenvalue weighted by molar-refractivity contribution is 5.48. The Balaban J connectivity index is 1.68. The third kappa shape index (κ3) is 3.02. The molecule has 1 aromatic rings. The fraction of sp³-hybridized carbons (Fsp3) is 0.625. The number of nitrogens with zero attached hydrogens (tertiary/aromatic N) is 1. The van der Waals surface area contributed by atoms with E-state index in [-0.39, 0.29) is 10.6 Å². The van der Waals surface area contributed by atoms with Gasteiger partial charge in [-0.2, -0.15) is 0 Å². The minimum absolute atomic E-state index is 0.0749. The molecule has 0 amide bonds. The highest BCUT2D eigenvalue weighted by Crippen LogP contribution is 2.48. The highest BCUT2D eigenvalue weighted by Gasteiger charge is 2.39. The molecule has 2 aliphatic carbocycles. The fourth-order valence-corrected chi connectivity index (χ4v) is 3.92. The molecular weight excluding hydrogens is 268 g/mol. The summed E-state index contributed by atoms with van der Waals surface area (Å²) in [6.45, 7) is 1.24. The van der Waals surface area contributed by atoms with Crippen molar-refractivity contribution in [1.29, 1.82) is 0 Å². The van der Waals surface area contributed by atoms with E-state index in [4.69, 9.17) is 4.74 Å². The van der Waals surface area contributed by atoms with Crippen molar-refractivity contribution in [2.24, 2.45) is 17.8 Å². The van der Waals surface area contributed by atoms with Crippen molar-refractivity contribution in [2.45, 2.75) is 32.2 Å². The van der Waals surface area contributed by atoms with E-state index in [2.05, 4.69) is 5.32 Å². The van der Waals surface area contributed by atoms with Crippen LogP contribution in [0.2, 0.25) is 0 Å². The molecule has 0 spiro atoms. The van der Waals surface area contributed by atoms with Crippen LogP contribution in [0.15, 0.2) is 18.2 Å². The van der Waals surface area contributed by atoms with E-state index in [1.807, 2.05) is 13.1 Å². The van der Waals surface area contributed by atoms with Crippen LogP contribution in [0.1, 0.15) is 31.2 Å². The first-order valence-electron chi connectivity index (χ1n) is 7.72. The molecule has 0 aromatic heterocycles. The van der Waals surface area contributed by atoms with Gasteiger partial charge in [-0.15, -0.1) is 0 Å². The van der Waals surface area contributed by atoms with Crippen molar-refractivity contribution >= 4 is 5.69 Å². The summed E-state index contributed by atoms with van der Waals surface area (Å²) in [6.07, 6.45) is 5.23. The summed E-state index contributed by atoms with van der Waals surface area (Å²) in [5.74, 6) is 2.64. The van der Waals surface area contributed by atoms with Crippen LogP contribution in [-0.4, -0.2) is 18.6 Å². The number of hydrogen-bond donors (Lipinski definition) is 1. The summed E-state index contributed by atoms with van der Waals surface area (Å²) in [7, 11) is 1.82. The van der Waals surface area contributed by atoms with E-state index in [1.165, 1.54) is 25.7 Å². The molecule has 3 rings (SSSR count). The lowest BCUT2D eigenvalue weighted by atomic mass is 9.89. The van der Waals surface area contributed by atoms with Crippen LogP contribution in [0.25, 0.3) is 0 Å². The molecule has 2 bridgehead atoms. The largest absolute Gasteiger partial charge is 0.487 e. The first-order valence-corrected chi connectivity index (χ1v) is 7.72. The minimum Gasteiger partial charge on any atom is -0.487 e. The Bertz CT molecular complexity index is 532. The molecule has 3 atom stereocenters. The first kappa shape index (κ1) is 14.3. The zero-order valence-corrected chi connectivity index (χ0v) is 12.4. The number of nitrogens with one attached hydrogen (secondary N) is 1. The third-order valence-electron chi connectivity index (χ3n) is 4.94. The van der Waals surface area contributed by atoms with Crippen molar-refractivity contribution in [3.63, 3.8) is 0 Å². The van der Waals surface area contributed by atoms with Gasteiger partial charge in [-0.3, -0.25) is 10.1 Å². The number of nitro benzene ring substituents is 1. The van der Waals surface area contributed by atoms with E-state index in [0.29, 0.717) is 24.8 Å². The molecule has 5 nitrogen and oxygen atoms in total. The SMILES string of the molecule is CNCc1ccc(OCC2CC3CCC2C3)c([N+](=O)[O-])c1. The molecule has 0 radical (unpaired) electrons.